The van der Waals surface area contributed by atoms with Gasteiger partial charge >= 0.3 is 29.6 Å². The molecule has 0 saturated heterocycles. The molecule has 5 nitrogen and oxygen atoms in total. The van der Waals surface area contributed by atoms with Crippen LogP contribution < -0.4 is 34.9 Å². The van der Waals surface area contributed by atoms with Crippen LogP contribution in [0.25, 0.3) is 0 Å². The first-order valence-corrected chi connectivity index (χ1v) is 10.3. The summed E-state index contributed by atoms with van der Waals surface area (Å²) in [5.41, 5.74) is 0. The fourth-order valence-corrected chi connectivity index (χ4v) is 2.72. The molecule has 0 aromatic heterocycles. The second-order valence-corrected chi connectivity index (χ2v) is 7.49. The Hall–Kier alpha value is 0.380. The Morgan fingerprint density at radius 3 is 1.78 bits per heavy atom. The van der Waals surface area contributed by atoms with Crippen LogP contribution in [0.4, 0.5) is 0 Å². The summed E-state index contributed by atoms with van der Waals surface area (Å²) in [7, 11) is -3.98. The first-order chi connectivity index (χ1) is 10.5. The third kappa shape index (κ3) is 22.4. The number of rotatable bonds is 15. The Morgan fingerprint density at radius 1 is 0.913 bits per heavy atom. The Kier molecular flexibility index (Phi) is 19.2. The number of nitrogens with one attached hydrogen (secondary N) is 1. The summed E-state index contributed by atoms with van der Waals surface area (Å²) in [6.45, 7) is 2.21. The van der Waals surface area contributed by atoms with E-state index in [2.05, 4.69) is 12.2 Å². The first kappa shape index (κ1) is 25.6. The zero-order chi connectivity index (χ0) is 16.7. The maximum atomic E-state index is 11.4. The van der Waals surface area contributed by atoms with Crippen molar-refractivity contribution in [3.8, 4) is 0 Å². The van der Waals surface area contributed by atoms with Crippen molar-refractivity contribution in [3.05, 3.63) is 0 Å². The zero-order valence-corrected chi connectivity index (χ0v) is 17.8. The van der Waals surface area contributed by atoms with E-state index in [9.17, 15) is 13.2 Å². The minimum atomic E-state index is -3.98. The molecule has 0 radical (unpaired) electrons. The fourth-order valence-electron chi connectivity index (χ4n) is 2.36. The molecular formula is C16H34NNaO4S. The molecule has 23 heavy (non-hydrogen) atoms. The SMILES string of the molecule is CCCCCCCCCCCCCC(=O)NCCS(=O)(=O)O.[H-].[Na+]. The van der Waals surface area contributed by atoms with Crippen LogP contribution in [0.1, 0.15) is 85.4 Å². The Morgan fingerprint density at radius 2 is 1.35 bits per heavy atom. The molecule has 0 saturated carbocycles. The summed E-state index contributed by atoms with van der Waals surface area (Å²) < 4.78 is 29.5. The van der Waals surface area contributed by atoms with E-state index >= 15 is 0 Å². The standard InChI is InChI=1S/C16H33NO4S.Na.H/c1-2-3-4-5-6-7-8-9-10-11-12-13-16(18)17-14-15-22(19,20)21;;/h2-15H2,1H3,(H,17,18)(H,19,20,21);;/q;+1;-1. The van der Waals surface area contributed by atoms with E-state index in [0.717, 1.165) is 19.3 Å². The summed E-state index contributed by atoms with van der Waals surface area (Å²) in [6, 6.07) is 0. The zero-order valence-electron chi connectivity index (χ0n) is 16.0. The van der Waals surface area contributed by atoms with E-state index < -0.39 is 15.9 Å². The van der Waals surface area contributed by atoms with Gasteiger partial charge in [-0.25, -0.2) is 0 Å². The summed E-state index contributed by atoms with van der Waals surface area (Å²) >= 11 is 0. The number of carbonyl (C=O) groups is 1. The van der Waals surface area contributed by atoms with Gasteiger partial charge in [-0.15, -0.1) is 0 Å². The maximum Gasteiger partial charge on any atom is 1.00 e. The van der Waals surface area contributed by atoms with Gasteiger partial charge in [-0.1, -0.05) is 71.1 Å². The smallest absolute Gasteiger partial charge is 1.00 e. The quantitative estimate of drug-likeness (QED) is 0.257. The predicted molar refractivity (Wildman–Crippen MR) is 91.6 cm³/mol. The fraction of sp³-hybridized carbons (Fsp3) is 0.938. The van der Waals surface area contributed by atoms with Gasteiger partial charge < -0.3 is 6.74 Å². The molecule has 0 bridgehead atoms. The molecule has 0 unspecified atom stereocenters. The van der Waals surface area contributed by atoms with Gasteiger partial charge in [-0.2, -0.15) is 8.42 Å². The minimum absolute atomic E-state index is 0. The summed E-state index contributed by atoms with van der Waals surface area (Å²) in [5, 5.41) is 2.50. The van der Waals surface area contributed by atoms with Crippen molar-refractivity contribution in [1.29, 1.82) is 0 Å². The van der Waals surface area contributed by atoms with Gasteiger partial charge in [0.05, 0.1) is 5.75 Å². The molecule has 1 amide bonds. The van der Waals surface area contributed by atoms with Gasteiger partial charge in [-0.05, 0) is 6.42 Å². The van der Waals surface area contributed by atoms with Crippen LogP contribution in [0.15, 0.2) is 0 Å². The molecule has 0 atom stereocenters. The Balaban J connectivity index is -0.00000220. The molecule has 0 aliphatic rings. The van der Waals surface area contributed by atoms with E-state index in [0.29, 0.717) is 6.42 Å². The average Bonchev–Trinajstić information content (AvgIpc) is 2.43. The molecule has 0 heterocycles. The van der Waals surface area contributed by atoms with Crippen LogP contribution in [-0.4, -0.2) is 31.2 Å². The Labute approximate surface area is 165 Å². The van der Waals surface area contributed by atoms with E-state index in [1.165, 1.54) is 51.4 Å². The third-order valence-electron chi connectivity index (χ3n) is 3.69. The summed E-state index contributed by atoms with van der Waals surface area (Å²) in [5.74, 6) is -0.559. The summed E-state index contributed by atoms with van der Waals surface area (Å²) in [6.07, 6.45) is 14.0. The minimum Gasteiger partial charge on any atom is -1.00 e. The monoisotopic (exact) mass is 359 g/mol. The van der Waals surface area contributed by atoms with Crippen molar-refractivity contribution in [1.82, 2.24) is 5.32 Å². The first-order valence-electron chi connectivity index (χ1n) is 8.67. The molecule has 134 valence electrons. The number of unbranched alkanes of at least 4 members (excludes halogenated alkanes) is 10. The van der Waals surface area contributed by atoms with E-state index in [1.807, 2.05) is 0 Å². The number of amides is 1. The third-order valence-corrected chi connectivity index (χ3v) is 4.41. The van der Waals surface area contributed by atoms with Crippen LogP contribution in [0.2, 0.25) is 0 Å². The topological polar surface area (TPSA) is 83.5 Å². The molecule has 0 aromatic rings. The van der Waals surface area contributed by atoms with Crippen molar-refractivity contribution in [2.45, 2.75) is 84.0 Å². The second kappa shape index (κ2) is 17.2. The normalized spacial score (nSPS) is 11.0. The van der Waals surface area contributed by atoms with Crippen LogP contribution in [0.5, 0.6) is 0 Å². The molecule has 0 spiro atoms. The molecule has 7 heteroatoms. The largest absolute Gasteiger partial charge is 1.00 e. The van der Waals surface area contributed by atoms with Crippen molar-refractivity contribution in [2.24, 2.45) is 0 Å². The van der Waals surface area contributed by atoms with Gasteiger partial charge in [0.2, 0.25) is 5.91 Å². The molecule has 0 fully saturated rings. The number of hydrogen-bond acceptors (Lipinski definition) is 3. The van der Waals surface area contributed by atoms with Crippen molar-refractivity contribution in [3.63, 3.8) is 0 Å². The molecule has 2 N–H and O–H groups in total. The van der Waals surface area contributed by atoms with Gasteiger partial charge in [0, 0.05) is 13.0 Å². The second-order valence-electron chi connectivity index (χ2n) is 5.92. The van der Waals surface area contributed by atoms with Gasteiger partial charge in [0.25, 0.3) is 10.1 Å². The average molecular weight is 360 g/mol. The van der Waals surface area contributed by atoms with E-state index in [1.54, 1.807) is 0 Å². The van der Waals surface area contributed by atoms with Gasteiger partial charge in [0.15, 0.2) is 0 Å². The Bertz CT molecular complexity index is 380. The molecular weight excluding hydrogens is 325 g/mol. The molecule has 0 aliphatic carbocycles. The number of hydrogen-bond donors (Lipinski definition) is 2. The maximum absolute atomic E-state index is 11.4. The molecule has 0 aromatic carbocycles. The van der Waals surface area contributed by atoms with Crippen LogP contribution in [0.3, 0.4) is 0 Å². The van der Waals surface area contributed by atoms with Gasteiger partial charge in [-0.3, -0.25) is 9.35 Å². The number of carbonyl (C=O) groups excluding carboxylic acids is 1. The molecule has 0 rings (SSSR count). The summed E-state index contributed by atoms with van der Waals surface area (Å²) in [4.78, 5) is 11.4. The van der Waals surface area contributed by atoms with Crippen molar-refractivity contribution < 1.29 is 48.7 Å². The van der Waals surface area contributed by atoms with E-state index in [-0.39, 0.29) is 43.4 Å². The van der Waals surface area contributed by atoms with E-state index in [4.69, 9.17) is 4.55 Å². The molecule has 0 aliphatic heterocycles. The van der Waals surface area contributed by atoms with Crippen LogP contribution in [-0.2, 0) is 14.9 Å². The van der Waals surface area contributed by atoms with Gasteiger partial charge in [0.1, 0.15) is 0 Å². The van der Waals surface area contributed by atoms with Crippen molar-refractivity contribution >= 4 is 16.0 Å². The van der Waals surface area contributed by atoms with Crippen LogP contribution in [0, 0.1) is 0 Å². The predicted octanol–water partition coefficient (Wildman–Crippen LogP) is 0.808. The van der Waals surface area contributed by atoms with Crippen molar-refractivity contribution in [2.75, 3.05) is 12.3 Å². The van der Waals surface area contributed by atoms with Crippen LogP contribution >= 0.6 is 0 Å².